The first kappa shape index (κ1) is 17.6. The van der Waals surface area contributed by atoms with Gasteiger partial charge in [0.1, 0.15) is 0 Å². The number of aromatic nitrogens is 2. The normalized spacial score (nSPS) is 17.8. The van der Waals surface area contributed by atoms with Crippen LogP contribution in [0.2, 0.25) is 0 Å². The van der Waals surface area contributed by atoms with Gasteiger partial charge in [-0.25, -0.2) is 4.98 Å². The van der Waals surface area contributed by atoms with Gasteiger partial charge in [-0.3, -0.25) is 14.2 Å². The number of benzene rings is 1. The first-order valence-electron chi connectivity index (χ1n) is 9.05. The molecule has 1 fully saturated rings. The lowest BCUT2D eigenvalue weighted by molar-refractivity contribution is -0.135. The highest BCUT2D eigenvalue weighted by atomic mass is 16.3. The lowest BCUT2D eigenvalue weighted by atomic mass is 9.99. The number of aliphatic hydroxyl groups is 1. The second kappa shape index (κ2) is 8.25. The fraction of sp³-hybridized carbons (Fsp3) is 0.526. The van der Waals surface area contributed by atoms with E-state index in [1.165, 1.54) is 0 Å². The van der Waals surface area contributed by atoms with Crippen LogP contribution in [0.3, 0.4) is 0 Å². The molecule has 25 heavy (non-hydrogen) atoms. The van der Waals surface area contributed by atoms with E-state index in [9.17, 15) is 14.7 Å². The van der Waals surface area contributed by atoms with Crippen LogP contribution in [0.4, 0.5) is 0 Å². The maximum Gasteiger partial charge on any atom is 0.261 e. The zero-order valence-electron chi connectivity index (χ0n) is 14.4. The number of hydrogen-bond donors (Lipinski definition) is 1. The van der Waals surface area contributed by atoms with Gasteiger partial charge in [0.2, 0.25) is 5.91 Å². The summed E-state index contributed by atoms with van der Waals surface area (Å²) in [5.74, 6) is 0.125. The number of amides is 1. The highest BCUT2D eigenvalue weighted by Crippen LogP contribution is 2.20. The van der Waals surface area contributed by atoms with Crippen LogP contribution in [-0.4, -0.2) is 44.7 Å². The van der Waals surface area contributed by atoms with Crippen LogP contribution in [-0.2, 0) is 11.3 Å². The zero-order chi connectivity index (χ0) is 17.6. The standard InChI is InChI=1S/C19H25N3O3/c23-13-10-15-6-3-4-12-22(15)18(24)9-5-11-21-14-20-17-8-2-1-7-16(17)19(21)25/h1-2,7-8,14-15,23H,3-6,9-13H2/t15-/m0/s1. The van der Waals surface area contributed by atoms with Gasteiger partial charge in [0.15, 0.2) is 0 Å². The Bertz CT molecular complexity index is 785. The fourth-order valence-electron chi connectivity index (χ4n) is 3.59. The summed E-state index contributed by atoms with van der Waals surface area (Å²) >= 11 is 0. The SMILES string of the molecule is O=C(CCCn1cnc2ccccc2c1=O)N1CCCC[C@H]1CCO. The molecule has 0 radical (unpaired) electrons. The summed E-state index contributed by atoms with van der Waals surface area (Å²) in [4.78, 5) is 31.2. The summed E-state index contributed by atoms with van der Waals surface area (Å²) in [6.45, 7) is 1.38. The second-order valence-corrected chi connectivity index (χ2v) is 6.61. The Labute approximate surface area is 147 Å². The van der Waals surface area contributed by atoms with Crippen molar-refractivity contribution in [3.05, 3.63) is 40.9 Å². The predicted molar refractivity (Wildman–Crippen MR) is 96.3 cm³/mol. The molecule has 1 atom stereocenters. The average molecular weight is 343 g/mol. The molecular formula is C19H25N3O3. The number of likely N-dealkylation sites (tertiary alicyclic amines) is 1. The number of piperidine rings is 1. The van der Waals surface area contributed by atoms with E-state index in [-0.39, 0.29) is 24.1 Å². The monoisotopic (exact) mass is 343 g/mol. The molecule has 0 saturated carbocycles. The fourth-order valence-corrected chi connectivity index (χ4v) is 3.59. The van der Waals surface area contributed by atoms with Crippen LogP contribution in [0.25, 0.3) is 10.9 Å². The number of aryl methyl sites for hydroxylation is 1. The molecule has 0 bridgehead atoms. The average Bonchev–Trinajstić information content (AvgIpc) is 2.64. The zero-order valence-corrected chi connectivity index (χ0v) is 14.4. The van der Waals surface area contributed by atoms with Crippen molar-refractivity contribution in [2.24, 2.45) is 0 Å². The lowest BCUT2D eigenvalue weighted by Crippen LogP contribution is -2.44. The summed E-state index contributed by atoms with van der Waals surface area (Å²) < 4.78 is 1.58. The van der Waals surface area contributed by atoms with E-state index in [1.807, 2.05) is 23.1 Å². The van der Waals surface area contributed by atoms with Crippen LogP contribution in [0, 0.1) is 0 Å². The first-order valence-corrected chi connectivity index (χ1v) is 9.05. The number of nitrogens with zero attached hydrogens (tertiary/aromatic N) is 3. The van der Waals surface area contributed by atoms with Gasteiger partial charge in [-0.1, -0.05) is 12.1 Å². The van der Waals surface area contributed by atoms with Gasteiger partial charge in [0.05, 0.1) is 17.2 Å². The molecule has 1 saturated heterocycles. The van der Waals surface area contributed by atoms with E-state index in [0.29, 0.717) is 36.7 Å². The topological polar surface area (TPSA) is 75.4 Å². The van der Waals surface area contributed by atoms with Crippen LogP contribution in [0.1, 0.15) is 38.5 Å². The van der Waals surface area contributed by atoms with Crippen molar-refractivity contribution >= 4 is 16.8 Å². The van der Waals surface area contributed by atoms with E-state index in [0.717, 1.165) is 25.8 Å². The molecule has 1 amide bonds. The molecule has 2 heterocycles. The van der Waals surface area contributed by atoms with E-state index in [1.54, 1.807) is 17.0 Å². The van der Waals surface area contributed by atoms with E-state index in [2.05, 4.69) is 4.98 Å². The lowest BCUT2D eigenvalue weighted by Gasteiger charge is -2.35. The third-order valence-corrected chi connectivity index (χ3v) is 4.93. The van der Waals surface area contributed by atoms with Gasteiger partial charge in [-0.05, 0) is 44.2 Å². The van der Waals surface area contributed by atoms with Gasteiger partial charge in [-0.2, -0.15) is 0 Å². The second-order valence-electron chi connectivity index (χ2n) is 6.61. The molecule has 1 aromatic carbocycles. The smallest absolute Gasteiger partial charge is 0.261 e. The summed E-state index contributed by atoms with van der Waals surface area (Å²) in [5.41, 5.74) is 0.633. The Morgan fingerprint density at radius 1 is 1.28 bits per heavy atom. The molecule has 1 aliphatic heterocycles. The Balaban J connectivity index is 1.60. The molecule has 2 aromatic rings. The Morgan fingerprint density at radius 2 is 2.12 bits per heavy atom. The van der Waals surface area contributed by atoms with Gasteiger partial charge < -0.3 is 10.0 Å². The Hall–Kier alpha value is -2.21. The van der Waals surface area contributed by atoms with Gasteiger partial charge >= 0.3 is 0 Å². The van der Waals surface area contributed by atoms with Crippen LogP contribution >= 0.6 is 0 Å². The van der Waals surface area contributed by atoms with Crippen molar-refractivity contribution in [2.75, 3.05) is 13.2 Å². The molecule has 0 aliphatic carbocycles. The number of carbonyl (C=O) groups is 1. The Kier molecular flexibility index (Phi) is 5.81. The number of carbonyl (C=O) groups excluding carboxylic acids is 1. The molecule has 6 nitrogen and oxygen atoms in total. The molecular weight excluding hydrogens is 318 g/mol. The molecule has 6 heteroatoms. The van der Waals surface area contributed by atoms with Crippen molar-refractivity contribution in [3.63, 3.8) is 0 Å². The van der Waals surface area contributed by atoms with Crippen LogP contribution in [0.15, 0.2) is 35.4 Å². The number of aliphatic hydroxyl groups excluding tert-OH is 1. The number of para-hydroxylation sites is 1. The summed E-state index contributed by atoms with van der Waals surface area (Å²) in [6.07, 6.45) is 6.36. The summed E-state index contributed by atoms with van der Waals surface area (Å²) in [5, 5.41) is 9.78. The molecule has 1 aliphatic rings. The van der Waals surface area contributed by atoms with Gasteiger partial charge in [0, 0.05) is 32.2 Å². The molecule has 1 aromatic heterocycles. The van der Waals surface area contributed by atoms with Crippen LogP contribution < -0.4 is 5.56 Å². The number of hydrogen-bond acceptors (Lipinski definition) is 4. The minimum atomic E-state index is -0.0609. The van der Waals surface area contributed by atoms with Crippen molar-refractivity contribution in [3.8, 4) is 0 Å². The van der Waals surface area contributed by atoms with Gasteiger partial charge in [0.25, 0.3) is 5.56 Å². The largest absolute Gasteiger partial charge is 0.396 e. The van der Waals surface area contributed by atoms with Crippen molar-refractivity contribution in [1.29, 1.82) is 0 Å². The minimum absolute atomic E-state index is 0.0609. The molecule has 3 rings (SSSR count). The Morgan fingerprint density at radius 3 is 2.96 bits per heavy atom. The highest BCUT2D eigenvalue weighted by Gasteiger charge is 2.25. The summed E-state index contributed by atoms with van der Waals surface area (Å²) in [7, 11) is 0. The summed E-state index contributed by atoms with van der Waals surface area (Å²) in [6, 6.07) is 7.45. The predicted octanol–water partition coefficient (Wildman–Crippen LogP) is 1.94. The first-order chi connectivity index (χ1) is 12.2. The molecule has 134 valence electrons. The van der Waals surface area contributed by atoms with E-state index < -0.39 is 0 Å². The van der Waals surface area contributed by atoms with Crippen molar-refractivity contribution in [1.82, 2.24) is 14.5 Å². The highest BCUT2D eigenvalue weighted by molar-refractivity contribution is 5.77. The molecule has 1 N–H and O–H groups in total. The third-order valence-electron chi connectivity index (χ3n) is 4.93. The van der Waals surface area contributed by atoms with E-state index >= 15 is 0 Å². The van der Waals surface area contributed by atoms with Crippen LogP contribution in [0.5, 0.6) is 0 Å². The van der Waals surface area contributed by atoms with E-state index in [4.69, 9.17) is 0 Å². The molecule has 0 spiro atoms. The quantitative estimate of drug-likeness (QED) is 0.870. The maximum absolute atomic E-state index is 12.5. The maximum atomic E-state index is 12.5. The molecule has 0 unspecified atom stereocenters. The third kappa shape index (κ3) is 4.07. The van der Waals surface area contributed by atoms with Crippen molar-refractivity contribution < 1.29 is 9.90 Å². The number of rotatable bonds is 6. The number of fused-ring (bicyclic) bond motifs is 1. The minimum Gasteiger partial charge on any atom is -0.396 e. The van der Waals surface area contributed by atoms with Crippen molar-refractivity contribution in [2.45, 2.75) is 51.1 Å². The van der Waals surface area contributed by atoms with Gasteiger partial charge in [-0.15, -0.1) is 0 Å².